The number of nitrogens with zero attached hydrogens (tertiary/aromatic N) is 3. The molecule has 4 nitrogen and oxygen atoms in total. The molecule has 0 spiro atoms. The summed E-state index contributed by atoms with van der Waals surface area (Å²) in [6.07, 6.45) is 7.27. The molecule has 0 aliphatic heterocycles. The van der Waals surface area contributed by atoms with Gasteiger partial charge in [-0.3, -0.25) is 14.3 Å². The Balaban J connectivity index is 1.97. The highest BCUT2D eigenvalue weighted by atomic mass is 16.1. The number of aryl methyl sites for hydroxylation is 1. The Labute approximate surface area is 151 Å². The van der Waals surface area contributed by atoms with E-state index in [0.717, 1.165) is 16.8 Å². The highest BCUT2D eigenvalue weighted by molar-refractivity contribution is 5.80. The van der Waals surface area contributed by atoms with E-state index in [2.05, 4.69) is 4.98 Å². The van der Waals surface area contributed by atoms with Crippen LogP contribution in [0.2, 0.25) is 0 Å². The second-order valence-electron chi connectivity index (χ2n) is 6.09. The Hall–Kier alpha value is -3.53. The molecule has 2 aromatic carbocycles. The van der Waals surface area contributed by atoms with Gasteiger partial charge in [0.25, 0.3) is 5.56 Å². The van der Waals surface area contributed by atoms with Crippen LogP contribution in [0, 0.1) is 6.92 Å². The van der Waals surface area contributed by atoms with Crippen molar-refractivity contribution in [3.05, 3.63) is 100 Å². The van der Waals surface area contributed by atoms with Crippen molar-refractivity contribution in [1.82, 2.24) is 14.5 Å². The molecule has 0 radical (unpaired) electrons. The third-order valence-corrected chi connectivity index (χ3v) is 4.17. The lowest BCUT2D eigenvalue weighted by Crippen LogP contribution is -2.22. The highest BCUT2D eigenvalue weighted by Gasteiger charge is 2.11. The van der Waals surface area contributed by atoms with Gasteiger partial charge in [0.2, 0.25) is 0 Å². The van der Waals surface area contributed by atoms with E-state index in [4.69, 9.17) is 4.98 Å². The third-order valence-electron chi connectivity index (χ3n) is 4.17. The largest absolute Gasteiger partial charge is 0.268 e. The molecule has 0 aliphatic rings. The SMILES string of the molecule is Cc1cccc(-n2c(/C=C/c3cccnc3)nc3ccccc3c2=O)c1. The van der Waals surface area contributed by atoms with E-state index < -0.39 is 0 Å². The number of fused-ring (bicyclic) bond motifs is 1. The van der Waals surface area contributed by atoms with Gasteiger partial charge < -0.3 is 0 Å². The van der Waals surface area contributed by atoms with Crippen LogP contribution in [-0.2, 0) is 0 Å². The first-order valence-electron chi connectivity index (χ1n) is 8.39. The fourth-order valence-electron chi connectivity index (χ4n) is 2.92. The Bertz CT molecular complexity index is 1160. The average molecular weight is 339 g/mol. The quantitative estimate of drug-likeness (QED) is 0.560. The smallest absolute Gasteiger partial charge is 0.266 e. The predicted octanol–water partition coefficient (Wildman–Crippen LogP) is 4.26. The summed E-state index contributed by atoms with van der Waals surface area (Å²) in [5.74, 6) is 0.586. The van der Waals surface area contributed by atoms with Gasteiger partial charge in [0.05, 0.1) is 16.6 Å². The summed E-state index contributed by atoms with van der Waals surface area (Å²) < 4.78 is 1.65. The van der Waals surface area contributed by atoms with Crippen LogP contribution in [0.15, 0.2) is 77.9 Å². The van der Waals surface area contributed by atoms with E-state index in [1.54, 1.807) is 17.0 Å². The van der Waals surface area contributed by atoms with Gasteiger partial charge in [-0.25, -0.2) is 4.98 Å². The Morgan fingerprint density at radius 3 is 2.65 bits per heavy atom. The first-order chi connectivity index (χ1) is 12.7. The Morgan fingerprint density at radius 2 is 1.85 bits per heavy atom. The molecule has 0 amide bonds. The van der Waals surface area contributed by atoms with Gasteiger partial charge >= 0.3 is 0 Å². The number of para-hydroxylation sites is 1. The lowest BCUT2D eigenvalue weighted by molar-refractivity contribution is 0.942. The molecule has 0 atom stereocenters. The second kappa shape index (κ2) is 6.76. The molecule has 2 aromatic heterocycles. The predicted molar refractivity (Wildman–Crippen MR) is 105 cm³/mol. The molecule has 0 fully saturated rings. The maximum Gasteiger partial charge on any atom is 0.266 e. The van der Waals surface area contributed by atoms with Gasteiger partial charge in [0, 0.05) is 12.4 Å². The van der Waals surface area contributed by atoms with Gasteiger partial charge in [-0.05, 0) is 60.5 Å². The third kappa shape index (κ3) is 3.05. The number of rotatable bonds is 3. The zero-order valence-electron chi connectivity index (χ0n) is 14.3. The number of pyridine rings is 1. The summed E-state index contributed by atoms with van der Waals surface area (Å²) in [6, 6.07) is 19.1. The van der Waals surface area contributed by atoms with Gasteiger partial charge in [-0.15, -0.1) is 0 Å². The summed E-state index contributed by atoms with van der Waals surface area (Å²) in [5.41, 5.74) is 3.45. The Kier molecular flexibility index (Phi) is 4.15. The summed E-state index contributed by atoms with van der Waals surface area (Å²) >= 11 is 0. The minimum Gasteiger partial charge on any atom is -0.268 e. The van der Waals surface area contributed by atoms with E-state index in [1.807, 2.05) is 79.7 Å². The lowest BCUT2D eigenvalue weighted by atomic mass is 10.2. The van der Waals surface area contributed by atoms with Crippen LogP contribution >= 0.6 is 0 Å². The zero-order chi connectivity index (χ0) is 17.9. The van der Waals surface area contributed by atoms with Crippen LogP contribution in [-0.4, -0.2) is 14.5 Å². The monoisotopic (exact) mass is 339 g/mol. The average Bonchev–Trinajstić information content (AvgIpc) is 2.67. The van der Waals surface area contributed by atoms with E-state index in [1.165, 1.54) is 0 Å². The lowest BCUT2D eigenvalue weighted by Gasteiger charge is -2.12. The van der Waals surface area contributed by atoms with Crippen molar-refractivity contribution in [3.63, 3.8) is 0 Å². The number of aromatic nitrogens is 3. The number of hydrogen-bond acceptors (Lipinski definition) is 3. The topological polar surface area (TPSA) is 47.8 Å². The molecular weight excluding hydrogens is 322 g/mol. The number of hydrogen-bond donors (Lipinski definition) is 0. The molecule has 4 rings (SSSR count). The van der Waals surface area contributed by atoms with Gasteiger partial charge in [-0.2, -0.15) is 0 Å². The molecule has 4 heteroatoms. The van der Waals surface area contributed by atoms with Crippen molar-refractivity contribution in [1.29, 1.82) is 0 Å². The molecule has 0 saturated heterocycles. The van der Waals surface area contributed by atoms with Crippen LogP contribution in [0.25, 0.3) is 28.7 Å². The maximum atomic E-state index is 13.1. The van der Waals surface area contributed by atoms with Crippen LogP contribution in [0.4, 0.5) is 0 Å². The van der Waals surface area contributed by atoms with Gasteiger partial charge in [0.1, 0.15) is 5.82 Å². The van der Waals surface area contributed by atoms with Crippen LogP contribution in [0.3, 0.4) is 0 Å². The highest BCUT2D eigenvalue weighted by Crippen LogP contribution is 2.16. The summed E-state index contributed by atoms with van der Waals surface area (Å²) in [6.45, 7) is 2.01. The second-order valence-corrected chi connectivity index (χ2v) is 6.09. The maximum absolute atomic E-state index is 13.1. The van der Waals surface area contributed by atoms with E-state index in [0.29, 0.717) is 16.7 Å². The Morgan fingerprint density at radius 1 is 0.962 bits per heavy atom. The minimum atomic E-state index is -0.0768. The van der Waals surface area contributed by atoms with Crippen LogP contribution in [0.1, 0.15) is 17.0 Å². The molecule has 4 aromatic rings. The minimum absolute atomic E-state index is 0.0768. The van der Waals surface area contributed by atoms with E-state index >= 15 is 0 Å². The summed E-state index contributed by atoms with van der Waals surface area (Å²) in [4.78, 5) is 22.0. The fourth-order valence-corrected chi connectivity index (χ4v) is 2.92. The zero-order valence-corrected chi connectivity index (χ0v) is 14.3. The molecule has 0 unspecified atom stereocenters. The van der Waals surface area contributed by atoms with Crippen molar-refractivity contribution >= 4 is 23.1 Å². The van der Waals surface area contributed by atoms with Crippen molar-refractivity contribution < 1.29 is 0 Å². The molecule has 0 N–H and O–H groups in total. The molecule has 126 valence electrons. The normalized spacial score (nSPS) is 11.3. The molecular formula is C22H17N3O. The van der Waals surface area contributed by atoms with Gasteiger partial charge in [-0.1, -0.05) is 30.3 Å². The first-order valence-corrected chi connectivity index (χ1v) is 8.39. The van der Waals surface area contributed by atoms with Crippen molar-refractivity contribution in [2.75, 3.05) is 0 Å². The first kappa shape index (κ1) is 16.0. The van der Waals surface area contributed by atoms with Crippen LogP contribution < -0.4 is 5.56 Å². The molecule has 0 bridgehead atoms. The molecule has 26 heavy (non-hydrogen) atoms. The summed E-state index contributed by atoms with van der Waals surface area (Å²) in [5, 5.41) is 0.604. The molecule has 0 saturated carbocycles. The van der Waals surface area contributed by atoms with E-state index in [9.17, 15) is 4.79 Å². The summed E-state index contributed by atoms with van der Waals surface area (Å²) in [7, 11) is 0. The van der Waals surface area contributed by atoms with E-state index in [-0.39, 0.29) is 5.56 Å². The number of benzene rings is 2. The van der Waals surface area contributed by atoms with Crippen molar-refractivity contribution in [2.45, 2.75) is 6.92 Å². The van der Waals surface area contributed by atoms with Crippen molar-refractivity contribution in [3.8, 4) is 5.69 Å². The van der Waals surface area contributed by atoms with Gasteiger partial charge in [0.15, 0.2) is 0 Å². The van der Waals surface area contributed by atoms with Crippen molar-refractivity contribution in [2.24, 2.45) is 0 Å². The fraction of sp³-hybridized carbons (Fsp3) is 0.0455. The molecule has 2 heterocycles. The van der Waals surface area contributed by atoms with Crippen LogP contribution in [0.5, 0.6) is 0 Å². The molecule has 0 aliphatic carbocycles. The standard InChI is InChI=1S/C22H17N3O/c1-16-6-4-8-18(14-16)25-21(12-11-17-7-5-13-23-15-17)24-20-10-3-2-9-19(20)22(25)26/h2-15H,1H3/b12-11+.